The molecule has 32 heavy (non-hydrogen) atoms. The Morgan fingerprint density at radius 3 is 2.69 bits per heavy atom. The van der Waals surface area contributed by atoms with E-state index in [1.54, 1.807) is 21.1 Å². The molecule has 0 amide bonds. The van der Waals surface area contributed by atoms with Crippen LogP contribution in [0.1, 0.15) is 41.1 Å². The molecule has 0 spiro atoms. The molecule has 1 unspecified atom stereocenters. The first-order valence-corrected chi connectivity index (χ1v) is 12.1. The van der Waals surface area contributed by atoms with Gasteiger partial charge in [-0.2, -0.15) is 0 Å². The monoisotopic (exact) mass is 484 g/mol. The SMILES string of the molecule is COc1cc2c3c(c1OC)CCC3N(CCCNS(=O)(=O)c1cc(F)ccc1C)CC2.Cl. The number of nitrogens with zero attached hydrogens (tertiary/aromatic N) is 1. The van der Waals surface area contributed by atoms with Crippen molar-refractivity contribution in [3.8, 4) is 11.5 Å². The number of benzene rings is 2. The second kappa shape index (κ2) is 9.95. The predicted molar refractivity (Wildman–Crippen MR) is 124 cm³/mol. The molecule has 0 fully saturated rings. The van der Waals surface area contributed by atoms with Gasteiger partial charge in [0.15, 0.2) is 11.5 Å². The van der Waals surface area contributed by atoms with Crippen LogP contribution in [0, 0.1) is 12.7 Å². The average Bonchev–Trinajstić information content (AvgIpc) is 3.20. The van der Waals surface area contributed by atoms with Crippen molar-refractivity contribution in [1.82, 2.24) is 9.62 Å². The van der Waals surface area contributed by atoms with Gasteiger partial charge in [0.25, 0.3) is 0 Å². The number of halogens is 2. The van der Waals surface area contributed by atoms with E-state index in [1.165, 1.54) is 28.8 Å². The van der Waals surface area contributed by atoms with Crippen molar-refractivity contribution in [2.75, 3.05) is 33.9 Å². The predicted octanol–water partition coefficient (Wildman–Crippen LogP) is 3.79. The molecule has 4 rings (SSSR count). The van der Waals surface area contributed by atoms with Gasteiger partial charge < -0.3 is 9.47 Å². The van der Waals surface area contributed by atoms with Gasteiger partial charge in [0.05, 0.1) is 19.1 Å². The van der Waals surface area contributed by atoms with Crippen molar-refractivity contribution < 1.29 is 22.3 Å². The number of aryl methyl sites for hydroxylation is 1. The first-order chi connectivity index (χ1) is 14.9. The molecule has 1 aliphatic heterocycles. The molecule has 0 saturated heterocycles. The van der Waals surface area contributed by atoms with Crippen molar-refractivity contribution >= 4 is 22.4 Å². The Morgan fingerprint density at radius 1 is 1.19 bits per heavy atom. The molecule has 1 aliphatic carbocycles. The first kappa shape index (κ1) is 24.8. The standard InChI is InChI=1S/C23H29FN2O4S.ClH/c1-15-5-6-17(24)14-21(15)31(27,28)25-10-4-11-26-12-9-16-13-20(29-2)23(30-3)18-7-8-19(26)22(16)18;/h5-6,13-14,19,25H,4,7-12H2,1-3H3;1H. The fraction of sp³-hybridized carbons (Fsp3) is 0.478. The summed E-state index contributed by atoms with van der Waals surface area (Å²) in [7, 11) is -0.376. The van der Waals surface area contributed by atoms with Gasteiger partial charge in [0.1, 0.15) is 5.82 Å². The molecule has 0 aromatic heterocycles. The maximum Gasteiger partial charge on any atom is 0.240 e. The van der Waals surface area contributed by atoms with Crippen LogP contribution in [-0.2, 0) is 22.9 Å². The lowest BCUT2D eigenvalue weighted by Gasteiger charge is -2.35. The fourth-order valence-corrected chi connectivity index (χ4v) is 6.25. The van der Waals surface area contributed by atoms with Crippen LogP contribution in [0.3, 0.4) is 0 Å². The number of sulfonamides is 1. The molecule has 2 aliphatic rings. The Labute approximate surface area is 195 Å². The molecule has 2 aromatic carbocycles. The van der Waals surface area contributed by atoms with E-state index in [-0.39, 0.29) is 17.3 Å². The molecular formula is C23H30ClFN2O4S. The maximum atomic E-state index is 13.5. The van der Waals surface area contributed by atoms with Crippen LogP contribution in [0.25, 0.3) is 0 Å². The molecule has 6 nitrogen and oxygen atoms in total. The molecule has 1 N–H and O–H groups in total. The topological polar surface area (TPSA) is 67.9 Å². The van der Waals surface area contributed by atoms with Gasteiger partial charge in [-0.1, -0.05) is 6.07 Å². The normalized spacial score (nSPS) is 17.6. The Hall–Kier alpha value is -1.87. The van der Waals surface area contributed by atoms with Crippen LogP contribution in [0.2, 0.25) is 0 Å². The minimum atomic E-state index is -3.73. The summed E-state index contributed by atoms with van der Waals surface area (Å²) in [5.74, 6) is 1.08. The highest BCUT2D eigenvalue weighted by molar-refractivity contribution is 7.89. The van der Waals surface area contributed by atoms with E-state index in [9.17, 15) is 12.8 Å². The van der Waals surface area contributed by atoms with Crippen LogP contribution >= 0.6 is 12.4 Å². The van der Waals surface area contributed by atoms with E-state index in [0.29, 0.717) is 24.6 Å². The molecule has 9 heteroatoms. The summed E-state index contributed by atoms with van der Waals surface area (Å²) in [6.45, 7) is 3.71. The molecule has 1 heterocycles. The van der Waals surface area contributed by atoms with Crippen LogP contribution < -0.4 is 14.2 Å². The zero-order chi connectivity index (χ0) is 22.2. The van der Waals surface area contributed by atoms with E-state index in [2.05, 4.69) is 15.7 Å². The highest BCUT2D eigenvalue weighted by Crippen LogP contribution is 2.48. The summed E-state index contributed by atoms with van der Waals surface area (Å²) >= 11 is 0. The van der Waals surface area contributed by atoms with E-state index >= 15 is 0 Å². The van der Waals surface area contributed by atoms with Gasteiger partial charge in [-0.15, -0.1) is 12.4 Å². The number of rotatable bonds is 8. The zero-order valence-electron chi connectivity index (χ0n) is 18.6. The van der Waals surface area contributed by atoms with Crippen LogP contribution in [-0.4, -0.2) is 47.2 Å². The number of ether oxygens (including phenoxy) is 2. The first-order valence-electron chi connectivity index (χ1n) is 10.6. The molecular weight excluding hydrogens is 455 g/mol. The summed E-state index contributed by atoms with van der Waals surface area (Å²) < 4.78 is 52.4. The third kappa shape index (κ3) is 4.59. The van der Waals surface area contributed by atoms with Crippen molar-refractivity contribution in [1.29, 1.82) is 0 Å². The van der Waals surface area contributed by atoms with E-state index in [0.717, 1.165) is 49.9 Å². The molecule has 2 aromatic rings. The Morgan fingerprint density at radius 2 is 1.97 bits per heavy atom. The van der Waals surface area contributed by atoms with Crippen molar-refractivity contribution in [2.45, 2.75) is 43.5 Å². The number of hydrogen-bond donors (Lipinski definition) is 1. The van der Waals surface area contributed by atoms with Crippen LogP contribution in [0.4, 0.5) is 4.39 Å². The van der Waals surface area contributed by atoms with Crippen molar-refractivity contribution in [3.63, 3.8) is 0 Å². The third-order valence-corrected chi connectivity index (χ3v) is 7.97. The Bertz CT molecular complexity index is 1090. The lowest BCUT2D eigenvalue weighted by Crippen LogP contribution is -2.36. The third-order valence-electron chi connectivity index (χ3n) is 6.36. The molecule has 0 saturated carbocycles. The second-order valence-electron chi connectivity index (χ2n) is 8.17. The van der Waals surface area contributed by atoms with Gasteiger partial charge >= 0.3 is 0 Å². The van der Waals surface area contributed by atoms with E-state index < -0.39 is 15.8 Å². The van der Waals surface area contributed by atoms with Crippen LogP contribution in [0.5, 0.6) is 11.5 Å². The molecule has 1 atom stereocenters. The Kier molecular flexibility index (Phi) is 7.70. The van der Waals surface area contributed by atoms with E-state index in [1.807, 2.05) is 0 Å². The largest absolute Gasteiger partial charge is 0.493 e. The number of methoxy groups -OCH3 is 2. The summed E-state index contributed by atoms with van der Waals surface area (Å²) in [6.07, 6.45) is 3.60. The molecule has 0 radical (unpaired) electrons. The van der Waals surface area contributed by atoms with Crippen molar-refractivity contribution in [3.05, 3.63) is 52.3 Å². The summed E-state index contributed by atoms with van der Waals surface area (Å²) in [5.41, 5.74) is 4.46. The van der Waals surface area contributed by atoms with Crippen LogP contribution in [0.15, 0.2) is 29.2 Å². The molecule has 0 bridgehead atoms. The second-order valence-corrected chi connectivity index (χ2v) is 9.90. The maximum absolute atomic E-state index is 13.5. The van der Waals surface area contributed by atoms with Crippen molar-refractivity contribution in [2.24, 2.45) is 0 Å². The highest BCUT2D eigenvalue weighted by Gasteiger charge is 2.36. The lowest BCUT2D eigenvalue weighted by atomic mass is 9.92. The average molecular weight is 485 g/mol. The number of hydrogen-bond acceptors (Lipinski definition) is 5. The quantitative estimate of drug-likeness (QED) is 0.577. The smallest absolute Gasteiger partial charge is 0.240 e. The summed E-state index contributed by atoms with van der Waals surface area (Å²) in [4.78, 5) is 2.44. The minimum Gasteiger partial charge on any atom is -0.493 e. The fourth-order valence-electron chi connectivity index (χ4n) is 4.92. The minimum absolute atomic E-state index is 0. The summed E-state index contributed by atoms with van der Waals surface area (Å²) in [5, 5.41) is 0. The summed E-state index contributed by atoms with van der Waals surface area (Å²) in [6, 6.07) is 6.25. The zero-order valence-corrected chi connectivity index (χ0v) is 20.2. The van der Waals surface area contributed by atoms with Gasteiger partial charge in [-0.25, -0.2) is 17.5 Å². The van der Waals surface area contributed by atoms with Gasteiger partial charge in [0.2, 0.25) is 10.0 Å². The van der Waals surface area contributed by atoms with Gasteiger partial charge in [0, 0.05) is 31.2 Å². The lowest BCUT2D eigenvalue weighted by molar-refractivity contribution is 0.184. The van der Waals surface area contributed by atoms with Gasteiger partial charge in [-0.3, -0.25) is 4.90 Å². The van der Waals surface area contributed by atoms with E-state index in [4.69, 9.17) is 9.47 Å². The number of nitrogens with one attached hydrogen (secondary N) is 1. The Balaban J connectivity index is 0.00000289. The van der Waals surface area contributed by atoms with Gasteiger partial charge in [-0.05, 0) is 67.5 Å². The highest BCUT2D eigenvalue weighted by atomic mass is 35.5. The molecule has 176 valence electrons.